The van der Waals surface area contributed by atoms with Crippen LogP contribution in [0.4, 0.5) is 0 Å². The molecule has 6 heteroatoms. The Balaban J connectivity index is 4.32. The van der Waals surface area contributed by atoms with Crippen LogP contribution in [-0.4, -0.2) is 37.2 Å². The number of hydrogen-bond acceptors (Lipinski definition) is 6. The number of ether oxygens (including phenoxy) is 3. The number of esters is 3. The van der Waals surface area contributed by atoms with Gasteiger partial charge in [-0.1, -0.05) is 329 Å². The van der Waals surface area contributed by atoms with Crippen LogP contribution in [0.1, 0.15) is 342 Å². The molecule has 0 aromatic carbocycles. The zero-order valence-electron chi connectivity index (χ0n) is 54.7. The average Bonchev–Trinajstić information content (AvgIpc) is 3.49. The fourth-order valence-corrected chi connectivity index (χ4v) is 10.1. The van der Waals surface area contributed by atoms with Gasteiger partial charge in [0.15, 0.2) is 6.10 Å². The first kappa shape index (κ1) is 79.1. The summed E-state index contributed by atoms with van der Waals surface area (Å²) in [5.74, 6) is -0.879. The molecule has 0 fully saturated rings. The third-order valence-electron chi connectivity index (χ3n) is 15.3. The third kappa shape index (κ3) is 68.7. The molecule has 0 aliphatic carbocycles. The number of rotatable bonds is 64. The van der Waals surface area contributed by atoms with Gasteiger partial charge in [-0.3, -0.25) is 14.4 Å². The highest BCUT2D eigenvalue weighted by Crippen LogP contribution is 2.17. The molecular weight excluding hydrogens is 1020 g/mol. The van der Waals surface area contributed by atoms with E-state index in [1.54, 1.807) is 0 Å². The van der Waals surface area contributed by atoms with Crippen molar-refractivity contribution in [2.45, 2.75) is 348 Å². The largest absolute Gasteiger partial charge is 0.462 e. The monoisotopic (exact) mass is 1150 g/mol. The van der Waals surface area contributed by atoms with Gasteiger partial charge in [-0.25, -0.2) is 0 Å². The zero-order valence-corrected chi connectivity index (χ0v) is 54.7. The van der Waals surface area contributed by atoms with E-state index in [1.165, 1.54) is 173 Å². The van der Waals surface area contributed by atoms with Gasteiger partial charge >= 0.3 is 17.9 Å². The summed E-state index contributed by atoms with van der Waals surface area (Å²) in [5.41, 5.74) is 0. The number of carbonyl (C=O) groups excluding carboxylic acids is 3. The van der Waals surface area contributed by atoms with Gasteiger partial charge in [0.25, 0.3) is 0 Å². The average molecular weight is 1150 g/mol. The summed E-state index contributed by atoms with van der Waals surface area (Å²) in [6, 6.07) is 0. The predicted octanol–water partition coefficient (Wildman–Crippen LogP) is 24.6. The lowest BCUT2D eigenvalue weighted by molar-refractivity contribution is -0.167. The lowest BCUT2D eigenvalue weighted by Gasteiger charge is -2.18. The quantitative estimate of drug-likeness (QED) is 0.0261. The Bertz CT molecular complexity index is 1660. The fraction of sp³-hybridized carbons (Fsp3) is 0.727. The predicted molar refractivity (Wildman–Crippen MR) is 362 cm³/mol. The summed E-state index contributed by atoms with van der Waals surface area (Å²) < 4.78 is 17.0. The molecule has 476 valence electrons. The van der Waals surface area contributed by atoms with Crippen LogP contribution in [0.5, 0.6) is 0 Å². The van der Waals surface area contributed by atoms with Crippen LogP contribution in [-0.2, 0) is 28.6 Å². The van der Waals surface area contributed by atoms with E-state index < -0.39 is 6.10 Å². The van der Waals surface area contributed by atoms with Crippen LogP contribution in [0.2, 0.25) is 0 Å². The van der Waals surface area contributed by atoms with Crippen molar-refractivity contribution in [2.24, 2.45) is 0 Å². The Kier molecular flexibility index (Phi) is 67.2. The molecule has 83 heavy (non-hydrogen) atoms. The number of allylic oxidation sites excluding steroid dienone is 18. The topological polar surface area (TPSA) is 78.9 Å². The van der Waals surface area contributed by atoms with Crippen molar-refractivity contribution < 1.29 is 28.6 Å². The summed E-state index contributed by atoms with van der Waals surface area (Å²) >= 11 is 0. The Morgan fingerprint density at radius 1 is 0.253 bits per heavy atom. The number of carbonyl (C=O) groups is 3. The van der Waals surface area contributed by atoms with Gasteiger partial charge in [0.2, 0.25) is 0 Å². The molecule has 0 aliphatic heterocycles. The molecule has 0 saturated heterocycles. The molecule has 1 atom stereocenters. The van der Waals surface area contributed by atoms with Crippen LogP contribution >= 0.6 is 0 Å². The second-order valence-corrected chi connectivity index (χ2v) is 23.4. The van der Waals surface area contributed by atoms with E-state index in [4.69, 9.17) is 14.2 Å². The van der Waals surface area contributed by atoms with Gasteiger partial charge in [-0.05, 0) is 103 Å². The maximum absolute atomic E-state index is 13.0. The summed E-state index contributed by atoms with van der Waals surface area (Å²) in [6.45, 7) is 6.45. The van der Waals surface area contributed by atoms with Gasteiger partial charge in [-0.15, -0.1) is 0 Å². The van der Waals surface area contributed by atoms with Crippen molar-refractivity contribution in [3.8, 4) is 0 Å². The molecule has 0 N–H and O–H groups in total. The molecule has 0 saturated carbocycles. The first-order valence-corrected chi connectivity index (χ1v) is 35.4. The highest BCUT2D eigenvalue weighted by atomic mass is 16.6. The van der Waals surface area contributed by atoms with Gasteiger partial charge < -0.3 is 14.2 Å². The molecule has 0 aromatic heterocycles. The van der Waals surface area contributed by atoms with E-state index in [-0.39, 0.29) is 31.1 Å². The maximum Gasteiger partial charge on any atom is 0.306 e. The SMILES string of the molecule is CC/C=C\C/C=C\C/C=C\C/C=C\C/C=C\CCCCCCCCCCCCCCCC(=O)OCC(COC(=O)CCCCCCCCCCCCCCCCCCC)OC(=O)CCCCCCCC/C=C\C/C=C\C/C=C\C/C=C\CC. The lowest BCUT2D eigenvalue weighted by Crippen LogP contribution is -2.30. The summed E-state index contributed by atoms with van der Waals surface area (Å²) in [7, 11) is 0. The van der Waals surface area contributed by atoms with Crippen LogP contribution in [0.3, 0.4) is 0 Å². The van der Waals surface area contributed by atoms with Crippen molar-refractivity contribution in [3.63, 3.8) is 0 Å². The van der Waals surface area contributed by atoms with Gasteiger partial charge in [0.1, 0.15) is 13.2 Å². The molecule has 0 spiro atoms. The van der Waals surface area contributed by atoms with E-state index in [2.05, 4.69) is 130 Å². The van der Waals surface area contributed by atoms with Gasteiger partial charge in [0, 0.05) is 19.3 Å². The van der Waals surface area contributed by atoms with Crippen molar-refractivity contribution in [1.82, 2.24) is 0 Å². The van der Waals surface area contributed by atoms with Gasteiger partial charge in [-0.2, -0.15) is 0 Å². The molecule has 1 unspecified atom stereocenters. The van der Waals surface area contributed by atoms with Crippen LogP contribution < -0.4 is 0 Å². The van der Waals surface area contributed by atoms with E-state index in [0.29, 0.717) is 19.3 Å². The van der Waals surface area contributed by atoms with Crippen molar-refractivity contribution in [3.05, 3.63) is 109 Å². The molecule has 0 rings (SSSR count). The van der Waals surface area contributed by atoms with E-state index in [1.807, 2.05) is 0 Å². The normalized spacial score (nSPS) is 12.8. The Morgan fingerprint density at radius 3 is 0.735 bits per heavy atom. The highest BCUT2D eigenvalue weighted by molar-refractivity contribution is 5.71. The molecule has 6 nitrogen and oxygen atoms in total. The summed E-state index contributed by atoms with van der Waals surface area (Å²) in [5, 5.41) is 0. The fourth-order valence-electron chi connectivity index (χ4n) is 10.1. The molecule has 0 aromatic rings. The maximum atomic E-state index is 13.0. The first-order chi connectivity index (χ1) is 41.0. The molecule has 0 bridgehead atoms. The summed E-state index contributed by atoms with van der Waals surface area (Å²) in [6.07, 6.45) is 96.8. The first-order valence-electron chi connectivity index (χ1n) is 35.4. The second-order valence-electron chi connectivity index (χ2n) is 23.4. The second kappa shape index (κ2) is 70.6. The molecule has 0 aliphatic rings. The zero-order chi connectivity index (χ0) is 59.9. The van der Waals surface area contributed by atoms with Gasteiger partial charge in [0.05, 0.1) is 0 Å². The smallest absolute Gasteiger partial charge is 0.306 e. The van der Waals surface area contributed by atoms with E-state index in [9.17, 15) is 14.4 Å². The Morgan fingerprint density at radius 2 is 0.470 bits per heavy atom. The van der Waals surface area contributed by atoms with Crippen LogP contribution in [0.15, 0.2) is 109 Å². The lowest BCUT2D eigenvalue weighted by atomic mass is 10.0. The van der Waals surface area contributed by atoms with E-state index >= 15 is 0 Å². The van der Waals surface area contributed by atoms with Crippen LogP contribution in [0.25, 0.3) is 0 Å². The molecule has 0 amide bonds. The minimum Gasteiger partial charge on any atom is -0.462 e. The van der Waals surface area contributed by atoms with Crippen LogP contribution in [0, 0.1) is 0 Å². The molecule has 0 radical (unpaired) electrons. The van der Waals surface area contributed by atoms with Crippen molar-refractivity contribution >= 4 is 17.9 Å². The number of unbranched alkanes of at least 4 members (excludes halogenated alkanes) is 35. The minimum atomic E-state index is -0.787. The van der Waals surface area contributed by atoms with Crippen molar-refractivity contribution in [2.75, 3.05) is 13.2 Å². The highest BCUT2D eigenvalue weighted by Gasteiger charge is 2.19. The van der Waals surface area contributed by atoms with Crippen molar-refractivity contribution in [1.29, 1.82) is 0 Å². The summed E-state index contributed by atoms with van der Waals surface area (Å²) in [4.78, 5) is 38.5. The third-order valence-corrected chi connectivity index (χ3v) is 15.3. The standard InChI is InChI=1S/C77H132O6/c1-4-7-10-13-16-19-22-25-28-31-33-34-35-36-37-38-39-40-41-42-44-46-49-52-55-58-61-64-67-70-76(79)82-73-74(72-81-75(78)69-66-63-60-57-54-51-48-45-30-27-24-21-18-15-12-9-6-3)83-77(80)71-68-65-62-59-56-53-50-47-43-32-29-26-23-20-17-14-11-8-5-2/h7-8,10-11,16-17,19-20,25-26,28-29,33-34,36-37,43,47,74H,4-6,9,12-15,18,21-24,27,30-32,35,38-42,44-46,48-73H2,1-3H3/b10-7-,11-8-,19-16-,20-17-,28-25-,29-26-,34-33-,37-36-,47-43-. The number of hydrogen-bond donors (Lipinski definition) is 0. The minimum absolute atomic E-state index is 0.0808. The van der Waals surface area contributed by atoms with E-state index in [0.717, 1.165) is 128 Å². The molecule has 0 heterocycles. The Hall–Kier alpha value is -3.93. The Labute approximate surface area is 514 Å². The molecular formula is C77H132O6.